The quantitative estimate of drug-likeness (QED) is 0.439. The van der Waals surface area contributed by atoms with Gasteiger partial charge in [0.1, 0.15) is 12.4 Å². The fourth-order valence-corrected chi connectivity index (χ4v) is 1.97. The van der Waals surface area contributed by atoms with E-state index >= 15 is 0 Å². The topological polar surface area (TPSA) is 93.5 Å². The van der Waals surface area contributed by atoms with Crippen LogP contribution in [0, 0.1) is 0 Å². The van der Waals surface area contributed by atoms with Gasteiger partial charge in [-0.05, 0) is 17.0 Å². The molecule has 0 heterocycles. The van der Waals surface area contributed by atoms with Gasteiger partial charge in [0.25, 0.3) is 5.91 Å². The second kappa shape index (κ2) is 7.59. The van der Waals surface area contributed by atoms with Gasteiger partial charge in [-0.25, -0.2) is 0 Å². The molecule has 1 amide bonds. The maximum absolute atomic E-state index is 11.9. The van der Waals surface area contributed by atoms with E-state index < -0.39 is 0 Å². The summed E-state index contributed by atoms with van der Waals surface area (Å²) in [7, 11) is 1.65. The van der Waals surface area contributed by atoms with Crippen LogP contribution in [0.4, 0.5) is 0 Å². The predicted octanol–water partition coefficient (Wildman–Crippen LogP) is -0.0341. The maximum Gasteiger partial charge on any atom is 0.280 e. The molecule has 0 radical (unpaired) electrons. The van der Waals surface area contributed by atoms with E-state index in [9.17, 15) is 4.79 Å². The van der Waals surface area contributed by atoms with Crippen LogP contribution >= 0.6 is 0 Å². The summed E-state index contributed by atoms with van der Waals surface area (Å²) in [5.74, 6) is 5.60. The third-order valence-electron chi connectivity index (χ3n) is 3.24. The van der Waals surface area contributed by atoms with Crippen molar-refractivity contribution in [2.24, 2.45) is 10.9 Å². The lowest BCUT2D eigenvalue weighted by Gasteiger charge is -2.23. The van der Waals surface area contributed by atoms with E-state index in [1.54, 1.807) is 7.05 Å². The van der Waals surface area contributed by atoms with Crippen LogP contribution in [0.3, 0.4) is 0 Å². The van der Waals surface area contributed by atoms with Crippen molar-refractivity contribution in [2.45, 2.75) is 26.2 Å². The zero-order valence-corrected chi connectivity index (χ0v) is 13.7. The SMILES string of the molecule is CN(CCOc1ccccc1C(C)(C)C)C(=O)/C(C=[NH2+])=N/N. The van der Waals surface area contributed by atoms with Crippen molar-refractivity contribution in [1.82, 2.24) is 4.90 Å². The summed E-state index contributed by atoms with van der Waals surface area (Å²) < 4.78 is 5.83. The molecule has 6 nitrogen and oxygen atoms in total. The van der Waals surface area contributed by atoms with Gasteiger partial charge in [0, 0.05) is 7.05 Å². The Hall–Kier alpha value is -2.37. The number of nitrogens with two attached hydrogens (primary N) is 2. The van der Waals surface area contributed by atoms with Gasteiger partial charge in [-0.1, -0.05) is 39.0 Å². The zero-order chi connectivity index (χ0) is 16.8. The Kier molecular flexibility index (Phi) is 6.10. The second-order valence-corrected chi connectivity index (χ2v) is 6.00. The third kappa shape index (κ3) is 4.58. The molecule has 0 saturated heterocycles. The lowest BCUT2D eigenvalue weighted by atomic mass is 9.86. The van der Waals surface area contributed by atoms with E-state index in [0.29, 0.717) is 13.2 Å². The molecule has 0 aliphatic rings. The number of para-hydroxylation sites is 1. The van der Waals surface area contributed by atoms with E-state index in [1.807, 2.05) is 24.3 Å². The molecule has 6 heteroatoms. The average molecular weight is 305 g/mol. The van der Waals surface area contributed by atoms with Gasteiger partial charge in [0.2, 0.25) is 5.71 Å². The molecule has 1 aromatic carbocycles. The summed E-state index contributed by atoms with van der Waals surface area (Å²) in [5.41, 5.74) is 1.15. The van der Waals surface area contributed by atoms with Crippen LogP contribution in [0.1, 0.15) is 26.3 Å². The fourth-order valence-electron chi connectivity index (χ4n) is 1.97. The van der Waals surface area contributed by atoms with Crippen molar-refractivity contribution < 1.29 is 14.9 Å². The molecule has 0 aliphatic heterocycles. The van der Waals surface area contributed by atoms with Gasteiger partial charge in [-0.3, -0.25) is 10.2 Å². The monoisotopic (exact) mass is 305 g/mol. The standard InChI is InChI=1S/C16H24N4O2/c1-16(2,3)12-7-5-6-8-14(12)22-10-9-20(4)15(21)13(11-17)19-18/h5-8,11,17H,9-10,18H2,1-4H3/p+1/b17-11?,19-13+. The molecule has 120 valence electrons. The second-order valence-electron chi connectivity index (χ2n) is 6.00. The normalized spacial score (nSPS) is 11.9. The molecule has 0 aromatic heterocycles. The van der Waals surface area contributed by atoms with Crippen molar-refractivity contribution in [3.63, 3.8) is 0 Å². The van der Waals surface area contributed by atoms with Crippen molar-refractivity contribution in [3.8, 4) is 5.75 Å². The van der Waals surface area contributed by atoms with E-state index in [1.165, 1.54) is 4.90 Å². The molecule has 4 N–H and O–H groups in total. The molecular weight excluding hydrogens is 280 g/mol. The number of benzene rings is 1. The van der Waals surface area contributed by atoms with Crippen molar-refractivity contribution >= 4 is 17.8 Å². The summed E-state index contributed by atoms with van der Waals surface area (Å²) in [6.45, 7) is 7.17. The van der Waals surface area contributed by atoms with E-state index in [-0.39, 0.29) is 17.0 Å². The Bertz CT molecular complexity index is 562. The lowest BCUT2D eigenvalue weighted by molar-refractivity contribution is -0.123. The smallest absolute Gasteiger partial charge is 0.280 e. The van der Waals surface area contributed by atoms with Gasteiger partial charge < -0.3 is 15.5 Å². The van der Waals surface area contributed by atoms with Crippen LogP contribution in [0.25, 0.3) is 0 Å². The lowest BCUT2D eigenvalue weighted by Crippen LogP contribution is -2.44. The first-order valence-corrected chi connectivity index (χ1v) is 7.12. The molecule has 0 bridgehead atoms. The summed E-state index contributed by atoms with van der Waals surface area (Å²) in [6, 6.07) is 7.90. The number of amides is 1. The molecule has 0 unspecified atom stereocenters. The van der Waals surface area contributed by atoms with Crippen LogP contribution in [0.2, 0.25) is 0 Å². The molecular formula is C16H25N4O2+. The Balaban J connectivity index is 2.66. The van der Waals surface area contributed by atoms with Gasteiger partial charge >= 0.3 is 0 Å². The molecule has 22 heavy (non-hydrogen) atoms. The van der Waals surface area contributed by atoms with Gasteiger partial charge in [-0.15, -0.1) is 0 Å². The number of hydrazone groups is 1. The van der Waals surface area contributed by atoms with Crippen LogP contribution < -0.4 is 16.0 Å². The van der Waals surface area contributed by atoms with E-state index in [4.69, 9.17) is 16.0 Å². The highest BCUT2D eigenvalue weighted by Crippen LogP contribution is 2.30. The number of nitrogens with zero attached hydrogens (tertiary/aromatic N) is 2. The number of rotatable bonds is 6. The van der Waals surface area contributed by atoms with E-state index in [2.05, 4.69) is 25.9 Å². The summed E-state index contributed by atoms with van der Waals surface area (Å²) in [5, 5.41) is 8.64. The number of likely N-dealkylation sites (N-methyl/N-ethyl adjacent to an activating group) is 1. The Morgan fingerprint density at radius 2 is 2.05 bits per heavy atom. The van der Waals surface area contributed by atoms with Crippen molar-refractivity contribution in [2.75, 3.05) is 20.2 Å². The molecule has 0 atom stereocenters. The van der Waals surface area contributed by atoms with Crippen molar-refractivity contribution in [1.29, 1.82) is 0 Å². The van der Waals surface area contributed by atoms with E-state index in [0.717, 1.165) is 17.5 Å². The van der Waals surface area contributed by atoms with Crippen LogP contribution in [0.15, 0.2) is 29.4 Å². The molecule has 0 spiro atoms. The highest BCUT2D eigenvalue weighted by molar-refractivity contribution is 6.59. The first kappa shape index (κ1) is 17.7. The largest absolute Gasteiger partial charge is 0.491 e. The first-order chi connectivity index (χ1) is 10.3. The molecule has 1 rings (SSSR count). The minimum Gasteiger partial charge on any atom is -0.491 e. The highest BCUT2D eigenvalue weighted by Gasteiger charge is 2.19. The average Bonchev–Trinajstić information content (AvgIpc) is 2.47. The Morgan fingerprint density at radius 3 is 2.59 bits per heavy atom. The van der Waals surface area contributed by atoms with Gasteiger partial charge in [0.05, 0.1) is 6.54 Å². The maximum atomic E-state index is 11.9. The third-order valence-corrected chi connectivity index (χ3v) is 3.24. The van der Waals surface area contributed by atoms with Crippen LogP contribution in [-0.4, -0.2) is 42.9 Å². The van der Waals surface area contributed by atoms with Gasteiger partial charge in [-0.2, -0.15) is 5.10 Å². The predicted molar refractivity (Wildman–Crippen MR) is 87.9 cm³/mol. The minimum absolute atomic E-state index is 0.00774. The van der Waals surface area contributed by atoms with Crippen LogP contribution in [0.5, 0.6) is 5.75 Å². The fraction of sp³-hybridized carbons (Fsp3) is 0.438. The first-order valence-electron chi connectivity index (χ1n) is 7.12. The summed E-state index contributed by atoms with van der Waals surface area (Å²) >= 11 is 0. The summed E-state index contributed by atoms with van der Waals surface area (Å²) in [4.78, 5) is 13.4. The number of ether oxygens (including phenoxy) is 1. The Morgan fingerprint density at radius 1 is 1.41 bits per heavy atom. The molecule has 0 saturated carbocycles. The van der Waals surface area contributed by atoms with Crippen LogP contribution in [-0.2, 0) is 10.2 Å². The molecule has 0 aliphatic carbocycles. The number of hydrogen-bond donors (Lipinski definition) is 2. The van der Waals surface area contributed by atoms with Crippen molar-refractivity contribution in [3.05, 3.63) is 29.8 Å². The summed E-state index contributed by atoms with van der Waals surface area (Å²) in [6.07, 6.45) is 1.09. The Labute approximate surface area is 131 Å². The zero-order valence-electron chi connectivity index (χ0n) is 13.7. The number of carbonyl (C=O) groups is 1. The molecule has 0 fully saturated rings. The highest BCUT2D eigenvalue weighted by atomic mass is 16.5. The number of hydrogen-bond acceptors (Lipinski definition) is 4. The van der Waals surface area contributed by atoms with Gasteiger partial charge in [0.15, 0.2) is 6.21 Å². The molecule has 1 aromatic rings. The number of carbonyl (C=O) groups excluding carboxylic acids is 1. The minimum atomic E-state index is -0.335.